The number of carboxylic acids is 3. The predicted octanol–water partition coefficient (Wildman–Crippen LogP) is -3.60. The van der Waals surface area contributed by atoms with E-state index in [9.17, 15) is 48.9 Å². The van der Waals surface area contributed by atoms with Crippen LogP contribution < -0.4 is 22.5 Å². The van der Waals surface area contributed by atoms with Crippen LogP contribution in [0.3, 0.4) is 0 Å². The SMILES string of the molecule is Cn1c(=O)c2c(ncn2C)n(C)c1=O.Cn1cnc2c1c(=O)n(CC(C(=O)O)C(O)(CC(=O)O)C(=O)O)c(=O)n2C. The second-order valence-electron chi connectivity index (χ2n) is 9.21. The van der Waals surface area contributed by atoms with Gasteiger partial charge in [0.1, 0.15) is 5.92 Å². The molecule has 19 heteroatoms. The van der Waals surface area contributed by atoms with Crippen molar-refractivity contribution in [3.63, 3.8) is 0 Å². The van der Waals surface area contributed by atoms with Crippen LogP contribution in [0.15, 0.2) is 31.8 Å². The van der Waals surface area contributed by atoms with Gasteiger partial charge in [0.2, 0.25) is 0 Å². The molecule has 0 aliphatic heterocycles. The smallest absolute Gasteiger partial charge is 0.337 e. The molecule has 4 aromatic rings. The van der Waals surface area contributed by atoms with E-state index >= 15 is 0 Å². The lowest BCUT2D eigenvalue weighted by atomic mass is 9.84. The van der Waals surface area contributed by atoms with Gasteiger partial charge in [-0.2, -0.15) is 0 Å². The van der Waals surface area contributed by atoms with Crippen LogP contribution in [-0.4, -0.2) is 81.3 Å². The Labute approximate surface area is 227 Å². The molecule has 0 aliphatic rings. The highest BCUT2D eigenvalue weighted by molar-refractivity contribution is 5.89. The van der Waals surface area contributed by atoms with Gasteiger partial charge in [-0.3, -0.25) is 37.4 Å². The predicted molar refractivity (Wildman–Crippen MR) is 137 cm³/mol. The van der Waals surface area contributed by atoms with Crippen molar-refractivity contribution < 1.29 is 34.8 Å². The average molecular weight is 578 g/mol. The van der Waals surface area contributed by atoms with Crippen LogP contribution in [0.1, 0.15) is 6.42 Å². The van der Waals surface area contributed by atoms with Crippen molar-refractivity contribution in [2.45, 2.75) is 18.6 Å². The molecular weight excluding hydrogens is 552 g/mol. The number of aliphatic hydroxyl groups is 1. The van der Waals surface area contributed by atoms with E-state index in [0.717, 1.165) is 9.13 Å². The maximum Gasteiger partial charge on any atom is 0.337 e. The van der Waals surface area contributed by atoms with Gasteiger partial charge >= 0.3 is 29.3 Å². The molecular formula is C22H26N8O11. The Morgan fingerprint density at radius 3 is 1.68 bits per heavy atom. The molecule has 0 aromatic carbocycles. The van der Waals surface area contributed by atoms with Gasteiger partial charge in [0.15, 0.2) is 27.9 Å². The van der Waals surface area contributed by atoms with Crippen LogP contribution in [0.4, 0.5) is 0 Å². The second-order valence-corrected chi connectivity index (χ2v) is 9.21. The molecule has 0 saturated carbocycles. The second kappa shape index (κ2) is 10.7. The van der Waals surface area contributed by atoms with E-state index < -0.39 is 53.6 Å². The standard InChI is InChI=1S/C14H16N4O9.C8H10N4O2/c1-16-5-15-9-8(16)10(21)18(13(26)17(9)2)4-6(11(22)23)14(27,12(24)25)3-7(19)20;1-10-4-9-6-5(10)7(13)12(3)8(14)11(6)2/h5-6,27H,3-4H2,1-2H3,(H,19,20)(H,22,23)(H,24,25);4H,1-3H3. The zero-order valence-corrected chi connectivity index (χ0v) is 22.4. The molecule has 0 bridgehead atoms. The van der Waals surface area contributed by atoms with E-state index in [-0.39, 0.29) is 22.4 Å². The maximum atomic E-state index is 12.6. The Bertz CT molecular complexity index is 1950. The highest BCUT2D eigenvalue weighted by Gasteiger charge is 2.50. The van der Waals surface area contributed by atoms with Crippen molar-refractivity contribution in [1.82, 2.24) is 37.4 Å². The lowest BCUT2D eigenvalue weighted by Crippen LogP contribution is -2.54. The zero-order chi connectivity index (χ0) is 31.1. The van der Waals surface area contributed by atoms with Crippen molar-refractivity contribution in [3.8, 4) is 0 Å². The number of hydrogen-bond donors (Lipinski definition) is 4. The molecule has 2 atom stereocenters. The van der Waals surface area contributed by atoms with E-state index in [1.54, 1.807) is 18.7 Å². The number of fused-ring (bicyclic) bond motifs is 2. The molecule has 19 nitrogen and oxygen atoms in total. The fourth-order valence-electron chi connectivity index (χ4n) is 4.22. The van der Waals surface area contributed by atoms with E-state index in [2.05, 4.69) is 9.97 Å². The van der Waals surface area contributed by atoms with E-state index in [1.165, 1.54) is 42.9 Å². The summed E-state index contributed by atoms with van der Waals surface area (Å²) in [5.74, 6) is -8.06. The molecule has 0 spiro atoms. The van der Waals surface area contributed by atoms with Crippen molar-refractivity contribution in [1.29, 1.82) is 0 Å². The molecule has 0 amide bonds. The first-order valence-corrected chi connectivity index (χ1v) is 11.5. The summed E-state index contributed by atoms with van der Waals surface area (Å²) < 4.78 is 6.70. The van der Waals surface area contributed by atoms with Crippen LogP contribution >= 0.6 is 0 Å². The molecule has 0 fully saturated rings. The minimum atomic E-state index is -3.25. The molecule has 41 heavy (non-hydrogen) atoms. The van der Waals surface area contributed by atoms with Crippen molar-refractivity contribution in [2.75, 3.05) is 0 Å². The van der Waals surface area contributed by atoms with Gasteiger partial charge < -0.3 is 29.6 Å². The largest absolute Gasteiger partial charge is 0.481 e. The average Bonchev–Trinajstić information content (AvgIpc) is 3.47. The monoisotopic (exact) mass is 578 g/mol. The fraction of sp³-hybridized carbons (Fsp3) is 0.409. The number of rotatable bonds is 7. The van der Waals surface area contributed by atoms with Crippen LogP contribution in [-0.2, 0) is 56.2 Å². The summed E-state index contributed by atoms with van der Waals surface area (Å²) in [5.41, 5.74) is -5.06. The van der Waals surface area contributed by atoms with Gasteiger partial charge in [-0.1, -0.05) is 0 Å². The van der Waals surface area contributed by atoms with Gasteiger partial charge in [0.05, 0.1) is 19.1 Å². The fourth-order valence-corrected chi connectivity index (χ4v) is 4.22. The molecule has 0 radical (unpaired) electrons. The summed E-state index contributed by atoms with van der Waals surface area (Å²) in [6.45, 7) is -1.06. The number of hydrogen-bond acceptors (Lipinski definition) is 10. The lowest BCUT2D eigenvalue weighted by molar-refractivity contribution is -0.180. The Morgan fingerprint density at radius 1 is 0.780 bits per heavy atom. The molecule has 0 aliphatic carbocycles. The molecule has 0 saturated heterocycles. The summed E-state index contributed by atoms with van der Waals surface area (Å²) in [4.78, 5) is 89.9. The maximum absolute atomic E-state index is 12.6. The number of aliphatic carboxylic acids is 3. The third kappa shape index (κ3) is 5.04. The van der Waals surface area contributed by atoms with E-state index in [0.29, 0.717) is 15.7 Å². The first kappa shape index (κ1) is 30.2. The van der Waals surface area contributed by atoms with Gasteiger partial charge in [-0.15, -0.1) is 0 Å². The van der Waals surface area contributed by atoms with Gasteiger partial charge in [-0.05, 0) is 0 Å². The first-order valence-electron chi connectivity index (χ1n) is 11.5. The first-order chi connectivity index (χ1) is 18.9. The number of aryl methyl sites for hydroxylation is 4. The number of aromatic nitrogens is 8. The Kier molecular flexibility index (Phi) is 7.87. The number of carboxylic acid groups (broad SMARTS) is 3. The molecule has 2 unspecified atom stereocenters. The van der Waals surface area contributed by atoms with E-state index in [1.807, 2.05) is 0 Å². The number of carbonyl (C=O) groups is 3. The molecule has 4 aromatic heterocycles. The Balaban J connectivity index is 0.000000275. The van der Waals surface area contributed by atoms with Crippen LogP contribution in [0.25, 0.3) is 22.3 Å². The summed E-state index contributed by atoms with van der Waals surface area (Å²) in [5, 5.41) is 37.6. The van der Waals surface area contributed by atoms with Crippen LogP contribution in [0.5, 0.6) is 0 Å². The number of nitrogens with zero attached hydrogens (tertiary/aromatic N) is 8. The van der Waals surface area contributed by atoms with Crippen molar-refractivity contribution >= 4 is 40.2 Å². The summed E-state index contributed by atoms with van der Waals surface area (Å²) in [6.07, 6.45) is 1.33. The van der Waals surface area contributed by atoms with Gasteiger partial charge in [0.25, 0.3) is 11.1 Å². The minimum Gasteiger partial charge on any atom is -0.481 e. The summed E-state index contributed by atoms with van der Waals surface area (Å²) in [7, 11) is 7.50. The molecule has 220 valence electrons. The van der Waals surface area contributed by atoms with Crippen molar-refractivity contribution in [3.05, 3.63) is 54.3 Å². The summed E-state index contributed by atoms with van der Waals surface area (Å²) >= 11 is 0. The quantitative estimate of drug-likeness (QED) is 0.165. The molecule has 4 heterocycles. The lowest BCUT2D eigenvalue weighted by Gasteiger charge is -2.28. The third-order valence-corrected chi connectivity index (χ3v) is 6.55. The summed E-state index contributed by atoms with van der Waals surface area (Å²) in [6, 6.07) is 0. The normalized spacial score (nSPS) is 13.4. The third-order valence-electron chi connectivity index (χ3n) is 6.55. The molecule has 4 N–H and O–H groups in total. The van der Waals surface area contributed by atoms with Crippen LogP contribution in [0, 0.1) is 5.92 Å². The van der Waals surface area contributed by atoms with Gasteiger partial charge in [0, 0.05) is 41.8 Å². The Morgan fingerprint density at radius 2 is 1.24 bits per heavy atom. The topological polar surface area (TPSA) is 256 Å². The molecule has 4 rings (SSSR count). The highest BCUT2D eigenvalue weighted by Crippen LogP contribution is 2.24. The minimum absolute atomic E-state index is 0.0228. The Hall–Kier alpha value is -5.33. The zero-order valence-electron chi connectivity index (χ0n) is 22.4. The van der Waals surface area contributed by atoms with E-state index in [4.69, 9.17) is 5.11 Å². The highest BCUT2D eigenvalue weighted by atomic mass is 16.4. The van der Waals surface area contributed by atoms with Crippen LogP contribution in [0.2, 0.25) is 0 Å². The van der Waals surface area contributed by atoms with Crippen molar-refractivity contribution in [2.24, 2.45) is 41.2 Å². The van der Waals surface area contributed by atoms with Gasteiger partial charge in [-0.25, -0.2) is 24.4 Å². The number of imidazole rings is 2.